The summed E-state index contributed by atoms with van der Waals surface area (Å²) < 4.78 is 25.9. The third-order valence-corrected chi connectivity index (χ3v) is 6.74. The van der Waals surface area contributed by atoms with Crippen molar-refractivity contribution in [2.24, 2.45) is 0 Å². The number of aryl methyl sites for hydroxylation is 1. The van der Waals surface area contributed by atoms with Crippen LogP contribution in [0.2, 0.25) is 0 Å². The van der Waals surface area contributed by atoms with E-state index in [9.17, 15) is 13.2 Å². The van der Waals surface area contributed by atoms with Crippen molar-refractivity contribution in [3.8, 4) is 11.3 Å². The number of nitrogens with zero attached hydrogens (tertiary/aromatic N) is 6. The van der Waals surface area contributed by atoms with Crippen LogP contribution in [0.3, 0.4) is 0 Å². The zero-order valence-corrected chi connectivity index (χ0v) is 25.3. The van der Waals surface area contributed by atoms with E-state index in [0.29, 0.717) is 29.1 Å². The van der Waals surface area contributed by atoms with Crippen molar-refractivity contribution in [2.75, 3.05) is 49.6 Å². The van der Waals surface area contributed by atoms with Crippen molar-refractivity contribution in [2.45, 2.75) is 20.4 Å². The van der Waals surface area contributed by atoms with E-state index in [4.69, 9.17) is 4.55 Å². The molecule has 0 atom stereocenters. The first-order valence-electron chi connectivity index (χ1n) is 13.8. The third kappa shape index (κ3) is 10.2. The molecule has 0 aliphatic carbocycles. The summed E-state index contributed by atoms with van der Waals surface area (Å²) in [6.45, 7) is 10.5. The van der Waals surface area contributed by atoms with Gasteiger partial charge in [0.05, 0.1) is 35.2 Å². The summed E-state index contributed by atoms with van der Waals surface area (Å²) >= 11 is 0. The van der Waals surface area contributed by atoms with E-state index in [1.807, 2.05) is 55.5 Å². The van der Waals surface area contributed by atoms with Crippen molar-refractivity contribution >= 4 is 33.3 Å². The smallest absolute Gasteiger partial charge is 0.261 e. The summed E-state index contributed by atoms with van der Waals surface area (Å²) in [7, 11) is -3.67. The maximum absolute atomic E-state index is 12.9. The molecule has 5 rings (SSSR count). The topological polar surface area (TPSA) is 154 Å². The Hall–Kier alpha value is -4.30. The Morgan fingerprint density at radius 3 is 2.33 bits per heavy atom. The van der Waals surface area contributed by atoms with Gasteiger partial charge in [-0.1, -0.05) is 19.1 Å². The van der Waals surface area contributed by atoms with Gasteiger partial charge in [-0.05, 0) is 55.4 Å². The SMILES string of the molecule is CCN1CCN(Cc2ccc(C(=O)Nc3cnc(C)c(Nc4nccc(-c5cccnc5)n4)c3)cc2)CC1.CS(=O)(=O)O. The number of aromatic nitrogens is 4. The number of hydrogen-bond donors (Lipinski definition) is 3. The average Bonchev–Trinajstić information content (AvgIpc) is 2.99. The number of amides is 1. The fraction of sp³-hybridized carbons (Fsp3) is 0.300. The van der Waals surface area contributed by atoms with Crippen LogP contribution in [-0.4, -0.2) is 87.6 Å². The van der Waals surface area contributed by atoms with Crippen molar-refractivity contribution in [1.29, 1.82) is 0 Å². The van der Waals surface area contributed by atoms with E-state index in [0.717, 1.165) is 56.2 Å². The van der Waals surface area contributed by atoms with Crippen molar-refractivity contribution in [3.05, 3.63) is 90.1 Å². The number of likely N-dealkylation sites (N-methyl/N-ethyl adjacent to an activating group) is 1. The van der Waals surface area contributed by atoms with Crippen LogP contribution in [0.25, 0.3) is 11.3 Å². The van der Waals surface area contributed by atoms with Crippen LogP contribution in [0.4, 0.5) is 17.3 Å². The van der Waals surface area contributed by atoms with E-state index in [1.165, 1.54) is 5.56 Å². The second-order valence-electron chi connectivity index (χ2n) is 10.1. The van der Waals surface area contributed by atoms with Crippen LogP contribution in [0.15, 0.2) is 73.3 Å². The zero-order chi connectivity index (χ0) is 30.8. The van der Waals surface area contributed by atoms with E-state index in [2.05, 4.69) is 47.3 Å². The lowest BCUT2D eigenvalue weighted by Gasteiger charge is -2.34. The highest BCUT2D eigenvalue weighted by atomic mass is 32.2. The van der Waals surface area contributed by atoms with Gasteiger partial charge in [0.1, 0.15) is 0 Å². The standard InChI is InChI=1S/C29H32N8O.CH4O3S/c1-3-36-13-15-37(16-14-36)20-22-6-8-23(9-7-22)28(38)33-25-17-27(21(2)32-19-25)35-29-31-12-10-26(34-29)24-5-4-11-30-18-24;1-5(2,3)4/h4-12,17-19H,3,13-16,20H2,1-2H3,(H,33,38)(H,31,34,35);1H3,(H,2,3,4). The molecule has 1 aliphatic rings. The van der Waals surface area contributed by atoms with Crippen LogP contribution in [0.1, 0.15) is 28.5 Å². The molecule has 4 heterocycles. The molecule has 12 nitrogen and oxygen atoms in total. The number of hydrogen-bond acceptors (Lipinski definition) is 10. The molecule has 0 saturated carbocycles. The Bertz CT molecular complexity index is 1600. The van der Waals surface area contributed by atoms with Gasteiger partial charge in [-0.15, -0.1) is 0 Å². The number of rotatable bonds is 8. The van der Waals surface area contributed by atoms with Gasteiger partial charge in [0, 0.05) is 62.4 Å². The van der Waals surface area contributed by atoms with Gasteiger partial charge in [-0.25, -0.2) is 9.97 Å². The Balaban J connectivity index is 0.000000782. The normalized spacial score (nSPS) is 14.0. The minimum atomic E-state index is -3.67. The van der Waals surface area contributed by atoms with E-state index in [1.54, 1.807) is 24.8 Å². The van der Waals surface area contributed by atoms with Gasteiger partial charge in [-0.3, -0.25) is 24.2 Å². The van der Waals surface area contributed by atoms with Gasteiger partial charge in [0.15, 0.2) is 0 Å². The first-order chi connectivity index (χ1) is 20.6. The summed E-state index contributed by atoms with van der Waals surface area (Å²) in [4.78, 5) is 35.4. The lowest BCUT2D eigenvalue weighted by Crippen LogP contribution is -2.45. The lowest BCUT2D eigenvalue weighted by molar-refractivity contribution is 0.102. The molecule has 1 fully saturated rings. The summed E-state index contributed by atoms with van der Waals surface area (Å²) in [6, 6.07) is 15.3. The van der Waals surface area contributed by atoms with Crippen LogP contribution in [-0.2, 0) is 16.7 Å². The fourth-order valence-corrected chi connectivity index (χ4v) is 4.43. The number of carbonyl (C=O) groups excluding carboxylic acids is 1. The van der Waals surface area contributed by atoms with Crippen molar-refractivity contribution < 1.29 is 17.8 Å². The van der Waals surface area contributed by atoms with Gasteiger partial charge in [-0.2, -0.15) is 8.42 Å². The van der Waals surface area contributed by atoms with Crippen LogP contribution in [0.5, 0.6) is 0 Å². The lowest BCUT2D eigenvalue weighted by atomic mass is 10.1. The molecule has 1 amide bonds. The first-order valence-corrected chi connectivity index (χ1v) is 15.7. The number of nitrogens with one attached hydrogen (secondary N) is 2. The molecule has 43 heavy (non-hydrogen) atoms. The Morgan fingerprint density at radius 2 is 1.67 bits per heavy atom. The summed E-state index contributed by atoms with van der Waals surface area (Å²) in [5.41, 5.74) is 5.54. The quantitative estimate of drug-likeness (QED) is 0.251. The van der Waals surface area contributed by atoms with E-state index >= 15 is 0 Å². The van der Waals surface area contributed by atoms with Crippen LogP contribution >= 0.6 is 0 Å². The van der Waals surface area contributed by atoms with E-state index < -0.39 is 10.1 Å². The van der Waals surface area contributed by atoms with Crippen molar-refractivity contribution in [1.82, 2.24) is 29.7 Å². The molecule has 13 heteroatoms. The minimum Gasteiger partial charge on any atom is -0.322 e. The Kier molecular flexibility index (Phi) is 10.8. The second kappa shape index (κ2) is 14.7. The van der Waals surface area contributed by atoms with Crippen molar-refractivity contribution in [3.63, 3.8) is 0 Å². The summed E-state index contributed by atoms with van der Waals surface area (Å²) in [5.74, 6) is 0.256. The Morgan fingerprint density at radius 1 is 0.977 bits per heavy atom. The second-order valence-corrected chi connectivity index (χ2v) is 11.5. The summed E-state index contributed by atoms with van der Waals surface area (Å²) in [5, 5.41) is 6.18. The van der Waals surface area contributed by atoms with Gasteiger partial charge >= 0.3 is 0 Å². The van der Waals surface area contributed by atoms with Gasteiger partial charge in [0.25, 0.3) is 16.0 Å². The van der Waals surface area contributed by atoms with Crippen LogP contribution < -0.4 is 10.6 Å². The number of anilines is 3. The molecule has 0 spiro atoms. The third-order valence-electron chi connectivity index (χ3n) is 6.74. The molecule has 3 N–H and O–H groups in total. The zero-order valence-electron chi connectivity index (χ0n) is 24.4. The Labute approximate surface area is 252 Å². The maximum atomic E-state index is 12.9. The predicted molar refractivity (Wildman–Crippen MR) is 167 cm³/mol. The molecule has 4 aromatic rings. The molecule has 0 radical (unpaired) electrons. The monoisotopic (exact) mass is 604 g/mol. The molecule has 0 bridgehead atoms. The number of pyridine rings is 2. The number of carbonyl (C=O) groups is 1. The molecular formula is C30H36N8O4S. The van der Waals surface area contributed by atoms with Crippen LogP contribution in [0, 0.1) is 6.92 Å². The highest BCUT2D eigenvalue weighted by Crippen LogP contribution is 2.23. The summed E-state index contributed by atoms with van der Waals surface area (Å²) in [6.07, 6.45) is 7.54. The van der Waals surface area contributed by atoms with E-state index in [-0.39, 0.29) is 5.91 Å². The fourth-order valence-electron chi connectivity index (χ4n) is 4.43. The first kappa shape index (κ1) is 31.6. The highest BCUT2D eigenvalue weighted by molar-refractivity contribution is 7.85. The average molecular weight is 605 g/mol. The molecular weight excluding hydrogens is 568 g/mol. The molecule has 1 aromatic carbocycles. The largest absolute Gasteiger partial charge is 0.322 e. The van der Waals surface area contributed by atoms with Gasteiger partial charge < -0.3 is 15.5 Å². The maximum Gasteiger partial charge on any atom is 0.261 e. The molecule has 1 aliphatic heterocycles. The number of piperazine rings is 1. The molecule has 0 unspecified atom stereocenters. The minimum absolute atomic E-state index is 0.181. The number of benzene rings is 1. The predicted octanol–water partition coefficient (Wildman–Crippen LogP) is 3.88. The molecule has 3 aromatic heterocycles. The highest BCUT2D eigenvalue weighted by Gasteiger charge is 2.16. The molecule has 226 valence electrons. The van der Waals surface area contributed by atoms with Gasteiger partial charge in [0.2, 0.25) is 5.95 Å². The molecule has 1 saturated heterocycles.